The van der Waals surface area contributed by atoms with Gasteiger partial charge in [0.2, 0.25) is 0 Å². The van der Waals surface area contributed by atoms with Crippen molar-refractivity contribution in [1.29, 1.82) is 0 Å². The standard InChI is InChI=1S/C25H29NO4/c1-18-9-7-10-19(2)26(18)24(27)17-30-25(28)23(21-12-5-4-6-13-21)16-20-11-8-14-22(15-20)29-3/h4-6,8,11-16,18-19H,7,9-10,17H2,1-3H3/b23-16+/t18-,19+. The van der Waals surface area contributed by atoms with Crippen molar-refractivity contribution >= 4 is 23.5 Å². The normalized spacial score (nSPS) is 19.3. The van der Waals surface area contributed by atoms with E-state index in [0.29, 0.717) is 11.3 Å². The SMILES string of the molecule is COc1cccc(/C=C(/C(=O)OCC(=O)N2[C@H](C)CCC[C@@H]2C)c2ccccc2)c1. The molecule has 1 aliphatic rings. The van der Waals surface area contributed by atoms with Crippen LogP contribution in [0.25, 0.3) is 11.6 Å². The largest absolute Gasteiger partial charge is 0.497 e. The molecule has 3 rings (SSSR count). The summed E-state index contributed by atoms with van der Waals surface area (Å²) in [6.45, 7) is 3.84. The van der Waals surface area contributed by atoms with E-state index >= 15 is 0 Å². The van der Waals surface area contributed by atoms with Gasteiger partial charge in [-0.25, -0.2) is 4.79 Å². The molecule has 0 N–H and O–H groups in total. The number of carbonyl (C=O) groups excluding carboxylic acids is 2. The summed E-state index contributed by atoms with van der Waals surface area (Å²) >= 11 is 0. The zero-order valence-electron chi connectivity index (χ0n) is 17.8. The Labute approximate surface area is 178 Å². The minimum Gasteiger partial charge on any atom is -0.497 e. The maximum atomic E-state index is 13.0. The molecule has 1 saturated heterocycles. The molecule has 0 aliphatic carbocycles. The molecular formula is C25H29NO4. The van der Waals surface area contributed by atoms with E-state index in [2.05, 4.69) is 0 Å². The smallest absolute Gasteiger partial charge is 0.339 e. The highest BCUT2D eigenvalue weighted by Crippen LogP contribution is 2.24. The van der Waals surface area contributed by atoms with Crippen LogP contribution in [0.15, 0.2) is 54.6 Å². The Kier molecular flexibility index (Phi) is 7.28. The van der Waals surface area contributed by atoms with Gasteiger partial charge < -0.3 is 14.4 Å². The lowest BCUT2D eigenvalue weighted by Crippen LogP contribution is -2.49. The summed E-state index contributed by atoms with van der Waals surface area (Å²) in [5.74, 6) is 0.0410. The van der Waals surface area contributed by atoms with Crippen molar-refractivity contribution in [3.63, 3.8) is 0 Å². The van der Waals surface area contributed by atoms with Crippen LogP contribution in [0.1, 0.15) is 44.2 Å². The number of ether oxygens (including phenoxy) is 2. The lowest BCUT2D eigenvalue weighted by Gasteiger charge is -2.38. The fourth-order valence-electron chi connectivity index (χ4n) is 3.97. The summed E-state index contributed by atoms with van der Waals surface area (Å²) in [4.78, 5) is 27.5. The van der Waals surface area contributed by atoms with E-state index < -0.39 is 5.97 Å². The molecule has 0 spiro atoms. The van der Waals surface area contributed by atoms with Gasteiger partial charge in [-0.3, -0.25) is 4.79 Å². The topological polar surface area (TPSA) is 55.8 Å². The van der Waals surface area contributed by atoms with Gasteiger partial charge in [-0.1, -0.05) is 42.5 Å². The summed E-state index contributed by atoms with van der Waals surface area (Å²) in [7, 11) is 1.60. The third-order valence-corrected chi connectivity index (χ3v) is 5.52. The van der Waals surface area contributed by atoms with Crippen LogP contribution >= 0.6 is 0 Å². The number of likely N-dealkylation sites (tertiary alicyclic amines) is 1. The summed E-state index contributed by atoms with van der Waals surface area (Å²) in [5, 5.41) is 0. The molecule has 1 heterocycles. The second-order valence-electron chi connectivity index (χ2n) is 7.71. The van der Waals surface area contributed by atoms with Crippen LogP contribution in [-0.2, 0) is 14.3 Å². The van der Waals surface area contributed by atoms with Crippen molar-refractivity contribution in [2.75, 3.05) is 13.7 Å². The van der Waals surface area contributed by atoms with Crippen LogP contribution in [0.5, 0.6) is 5.75 Å². The molecule has 0 bridgehead atoms. The van der Waals surface area contributed by atoms with Gasteiger partial charge in [-0.2, -0.15) is 0 Å². The molecule has 1 aliphatic heterocycles. The molecule has 2 aromatic rings. The first kappa shape index (κ1) is 21.6. The Bertz CT molecular complexity index is 896. The maximum Gasteiger partial charge on any atom is 0.339 e. The second-order valence-corrected chi connectivity index (χ2v) is 7.71. The fourth-order valence-corrected chi connectivity index (χ4v) is 3.97. The maximum absolute atomic E-state index is 13.0. The number of esters is 1. The Morgan fingerprint density at radius 1 is 1.03 bits per heavy atom. The summed E-state index contributed by atoms with van der Waals surface area (Å²) in [6, 6.07) is 17.1. The highest BCUT2D eigenvalue weighted by Gasteiger charge is 2.29. The molecule has 0 radical (unpaired) electrons. The van der Waals surface area contributed by atoms with Crippen LogP contribution in [0.2, 0.25) is 0 Å². The number of carbonyl (C=O) groups is 2. The lowest BCUT2D eigenvalue weighted by atomic mass is 9.97. The Morgan fingerprint density at radius 2 is 1.73 bits per heavy atom. The fraction of sp³-hybridized carbons (Fsp3) is 0.360. The van der Waals surface area contributed by atoms with Gasteiger partial charge in [0.15, 0.2) is 6.61 Å². The molecule has 0 unspecified atom stereocenters. The van der Waals surface area contributed by atoms with E-state index in [4.69, 9.17) is 9.47 Å². The first-order valence-corrected chi connectivity index (χ1v) is 10.4. The number of hydrogen-bond donors (Lipinski definition) is 0. The summed E-state index contributed by atoms with van der Waals surface area (Å²) < 4.78 is 10.7. The van der Waals surface area contributed by atoms with Gasteiger partial charge >= 0.3 is 5.97 Å². The molecule has 30 heavy (non-hydrogen) atoms. The highest BCUT2D eigenvalue weighted by atomic mass is 16.5. The van der Waals surface area contributed by atoms with Crippen LogP contribution in [0, 0.1) is 0 Å². The van der Waals surface area contributed by atoms with Gasteiger partial charge in [0, 0.05) is 12.1 Å². The molecule has 158 valence electrons. The van der Waals surface area contributed by atoms with Crippen molar-refractivity contribution in [2.24, 2.45) is 0 Å². The Balaban J connectivity index is 1.79. The minimum atomic E-state index is -0.519. The van der Waals surface area contributed by atoms with Gasteiger partial charge in [0.1, 0.15) is 5.75 Å². The molecule has 5 heteroatoms. The van der Waals surface area contributed by atoms with E-state index in [1.807, 2.05) is 73.3 Å². The zero-order valence-corrected chi connectivity index (χ0v) is 17.8. The Hall–Kier alpha value is -3.08. The molecule has 1 amide bonds. The molecule has 0 aromatic heterocycles. The summed E-state index contributed by atoms with van der Waals surface area (Å²) in [6.07, 6.45) is 4.84. The van der Waals surface area contributed by atoms with E-state index in [0.717, 1.165) is 30.4 Å². The molecule has 2 aromatic carbocycles. The minimum absolute atomic E-state index is 0.142. The van der Waals surface area contributed by atoms with Crippen LogP contribution in [-0.4, -0.2) is 42.6 Å². The lowest BCUT2D eigenvalue weighted by molar-refractivity contribution is -0.151. The monoisotopic (exact) mass is 407 g/mol. The first-order valence-electron chi connectivity index (χ1n) is 10.4. The number of rotatable bonds is 6. The number of methoxy groups -OCH3 is 1. The third kappa shape index (κ3) is 5.29. The first-order chi connectivity index (χ1) is 14.5. The van der Waals surface area contributed by atoms with E-state index in [-0.39, 0.29) is 24.6 Å². The predicted molar refractivity (Wildman–Crippen MR) is 118 cm³/mol. The average molecular weight is 408 g/mol. The molecule has 0 saturated carbocycles. The zero-order chi connectivity index (χ0) is 21.5. The molecule has 5 nitrogen and oxygen atoms in total. The number of benzene rings is 2. The third-order valence-electron chi connectivity index (χ3n) is 5.52. The molecule has 1 fully saturated rings. The van der Waals surface area contributed by atoms with E-state index in [1.165, 1.54) is 0 Å². The van der Waals surface area contributed by atoms with E-state index in [1.54, 1.807) is 13.2 Å². The number of nitrogens with zero attached hydrogens (tertiary/aromatic N) is 1. The number of hydrogen-bond acceptors (Lipinski definition) is 4. The van der Waals surface area contributed by atoms with Crippen molar-refractivity contribution < 1.29 is 19.1 Å². The van der Waals surface area contributed by atoms with Crippen molar-refractivity contribution in [2.45, 2.75) is 45.2 Å². The second kappa shape index (κ2) is 10.1. The average Bonchev–Trinajstić information content (AvgIpc) is 2.76. The Morgan fingerprint density at radius 3 is 2.40 bits per heavy atom. The van der Waals surface area contributed by atoms with Crippen molar-refractivity contribution in [3.8, 4) is 5.75 Å². The van der Waals surface area contributed by atoms with Gasteiger partial charge in [0.05, 0.1) is 12.7 Å². The van der Waals surface area contributed by atoms with Crippen molar-refractivity contribution in [3.05, 3.63) is 65.7 Å². The number of piperidine rings is 1. The van der Waals surface area contributed by atoms with Gasteiger partial charge in [-0.05, 0) is 62.4 Å². The number of amides is 1. The molecular weight excluding hydrogens is 378 g/mol. The van der Waals surface area contributed by atoms with Crippen LogP contribution in [0.4, 0.5) is 0 Å². The van der Waals surface area contributed by atoms with E-state index in [9.17, 15) is 9.59 Å². The highest BCUT2D eigenvalue weighted by molar-refractivity contribution is 6.21. The summed E-state index contributed by atoms with van der Waals surface area (Å²) in [5.41, 5.74) is 1.95. The van der Waals surface area contributed by atoms with Crippen LogP contribution in [0.3, 0.4) is 0 Å². The quantitative estimate of drug-likeness (QED) is 0.400. The predicted octanol–water partition coefficient (Wildman–Crippen LogP) is 4.57. The van der Waals surface area contributed by atoms with Crippen molar-refractivity contribution in [1.82, 2.24) is 4.90 Å². The van der Waals surface area contributed by atoms with Gasteiger partial charge in [-0.15, -0.1) is 0 Å². The molecule has 2 atom stereocenters. The van der Waals surface area contributed by atoms with Gasteiger partial charge in [0.25, 0.3) is 5.91 Å². The van der Waals surface area contributed by atoms with Crippen LogP contribution < -0.4 is 4.74 Å².